The van der Waals surface area contributed by atoms with E-state index in [1.54, 1.807) is 0 Å². The summed E-state index contributed by atoms with van der Waals surface area (Å²) in [6, 6.07) is 91.3. The van der Waals surface area contributed by atoms with Crippen LogP contribution in [0.3, 0.4) is 0 Å². The van der Waals surface area contributed by atoms with Gasteiger partial charge in [-0.05, 0) is 160 Å². The van der Waals surface area contributed by atoms with E-state index >= 15 is 0 Å². The van der Waals surface area contributed by atoms with Crippen LogP contribution in [-0.4, -0.2) is 9.97 Å². The first-order chi connectivity index (χ1) is 43.5. The summed E-state index contributed by atoms with van der Waals surface area (Å²) in [4.78, 5) is 24.1. The van der Waals surface area contributed by atoms with Crippen molar-refractivity contribution in [1.82, 2.24) is 19.9 Å². The van der Waals surface area contributed by atoms with Crippen molar-refractivity contribution in [2.24, 2.45) is 0 Å². The average molecular weight is 1310 g/mol. The van der Waals surface area contributed by atoms with Gasteiger partial charge in [-0.15, -0.1) is 22.1 Å². The molecule has 0 saturated carbocycles. The molecule has 2 aliphatic heterocycles. The molecule has 17 rings (SSSR count). The molecule has 0 N–H and O–H groups in total. The van der Waals surface area contributed by atoms with Gasteiger partial charge in [-0.2, -0.15) is 21.0 Å². The van der Waals surface area contributed by atoms with Gasteiger partial charge < -0.3 is 9.97 Å². The topological polar surface area (TPSA) is 149 Å². The first-order valence-electron chi connectivity index (χ1n) is 28.9. The van der Waals surface area contributed by atoms with Crippen LogP contribution >= 0.6 is 0 Å². The number of hydrogen-bond acceptors (Lipinski definition) is 6. The number of hydrogen-bond donors (Lipinski definition) is 0. The van der Waals surface area contributed by atoms with Gasteiger partial charge in [0, 0.05) is 44.5 Å². The summed E-state index contributed by atoms with van der Waals surface area (Å²) in [5.41, 5.74) is 14.3. The monoisotopic (exact) mass is 1310 g/mol. The van der Waals surface area contributed by atoms with Crippen LogP contribution in [0.4, 0.5) is 0 Å². The number of aromatic nitrogens is 4. The fraction of sp³-hybridized carbons (Fsp3) is 0. The van der Waals surface area contributed by atoms with Crippen LogP contribution in [0.1, 0.15) is 22.3 Å². The van der Waals surface area contributed by atoms with Gasteiger partial charge in [-0.1, -0.05) is 170 Å². The van der Waals surface area contributed by atoms with Crippen LogP contribution in [0.5, 0.6) is 0 Å². The largest absolute Gasteiger partial charge is 2.00 e. The van der Waals surface area contributed by atoms with Gasteiger partial charge >= 0.3 is 21.1 Å². The Balaban J connectivity index is 0.00000636. The minimum absolute atomic E-state index is 0. The van der Waals surface area contributed by atoms with E-state index < -0.39 is 0 Å². The fourth-order valence-corrected chi connectivity index (χ4v) is 13.6. The van der Waals surface area contributed by atoms with Gasteiger partial charge in [0.1, 0.15) is 0 Å². The summed E-state index contributed by atoms with van der Waals surface area (Å²) in [5.74, 6) is 0. The molecule has 0 radical (unpaired) electrons. The van der Waals surface area contributed by atoms with Crippen LogP contribution in [0.2, 0.25) is 0 Å². The van der Waals surface area contributed by atoms with Crippen molar-refractivity contribution in [1.29, 1.82) is 21.0 Å². The Hall–Kier alpha value is -12.0. The molecule has 4 heterocycles. The molecule has 89 heavy (non-hydrogen) atoms. The van der Waals surface area contributed by atoms with Gasteiger partial charge in [0.2, 0.25) is 0 Å². The Bertz CT molecular complexity index is 5290. The van der Waals surface area contributed by atoms with Gasteiger partial charge in [0.05, 0.1) is 69.3 Å². The molecule has 410 valence electrons. The Labute approximate surface area is 524 Å². The van der Waals surface area contributed by atoms with Crippen molar-refractivity contribution in [2.45, 2.75) is 0 Å². The Morgan fingerprint density at radius 3 is 0.640 bits per heavy atom. The van der Waals surface area contributed by atoms with Crippen LogP contribution in [0, 0.1) is 45.3 Å². The molecule has 14 aromatic rings. The van der Waals surface area contributed by atoms with Crippen molar-refractivity contribution in [2.75, 3.05) is 0 Å². The maximum Gasteiger partial charge on any atom is 2.00 e. The Kier molecular flexibility index (Phi) is 12.2. The summed E-state index contributed by atoms with van der Waals surface area (Å²) in [6.45, 7) is 0. The third kappa shape index (κ3) is 8.00. The minimum atomic E-state index is 0. The zero-order valence-electron chi connectivity index (χ0n) is 47.0. The molecule has 0 unspecified atom stereocenters. The maximum absolute atomic E-state index is 11.3. The van der Waals surface area contributed by atoms with Crippen molar-refractivity contribution in [3.63, 3.8) is 0 Å². The molecule has 3 aliphatic rings. The molecule has 12 aromatic carbocycles. The predicted molar refractivity (Wildman–Crippen MR) is 353 cm³/mol. The molecule has 0 atom stereocenters. The molecular formula is C80H40N8Pt. The van der Waals surface area contributed by atoms with Crippen molar-refractivity contribution >= 4 is 86.7 Å². The summed E-state index contributed by atoms with van der Waals surface area (Å²) in [5, 5.41) is 56.3. The van der Waals surface area contributed by atoms with Gasteiger partial charge in [0.25, 0.3) is 0 Å². The molecular weight excluding hydrogens is 1270 g/mol. The van der Waals surface area contributed by atoms with Crippen LogP contribution in [0.15, 0.2) is 243 Å². The second-order valence-electron chi connectivity index (χ2n) is 22.3. The van der Waals surface area contributed by atoms with E-state index in [9.17, 15) is 21.0 Å². The molecule has 8 nitrogen and oxygen atoms in total. The van der Waals surface area contributed by atoms with E-state index in [0.717, 1.165) is 86.9 Å². The van der Waals surface area contributed by atoms with E-state index in [2.05, 4.69) is 121 Å². The molecule has 8 bridgehead atoms. The molecule has 9 heteroatoms. The second kappa shape index (κ2) is 20.6. The predicted octanol–water partition coefficient (Wildman–Crippen LogP) is 19.3. The molecule has 1 aliphatic carbocycles. The first kappa shape index (κ1) is 52.5. The van der Waals surface area contributed by atoms with Crippen LogP contribution < -0.4 is 9.97 Å². The normalized spacial score (nSPS) is 11.5. The van der Waals surface area contributed by atoms with Gasteiger partial charge in [0.15, 0.2) is 0 Å². The van der Waals surface area contributed by atoms with Crippen molar-refractivity contribution in [3.8, 4) is 114 Å². The number of rotatable bonds is 4. The zero-order chi connectivity index (χ0) is 58.7. The van der Waals surface area contributed by atoms with Crippen molar-refractivity contribution < 1.29 is 21.1 Å². The average Bonchev–Trinajstić information content (AvgIpc) is 1.59. The van der Waals surface area contributed by atoms with E-state index in [4.69, 9.17) is 19.9 Å². The van der Waals surface area contributed by atoms with Crippen LogP contribution in [0.25, 0.3) is 176 Å². The Morgan fingerprint density at radius 1 is 0.236 bits per heavy atom. The number of nitrogens with zero attached hydrogens (tertiary/aromatic N) is 8. The summed E-state index contributed by atoms with van der Waals surface area (Å²) < 4.78 is 0. The number of nitriles is 4. The third-order valence-corrected chi connectivity index (χ3v) is 17.6. The van der Waals surface area contributed by atoms with Gasteiger partial charge in [-0.25, -0.2) is 9.97 Å². The van der Waals surface area contributed by atoms with E-state index in [-0.39, 0.29) is 21.1 Å². The molecule has 0 fully saturated rings. The third-order valence-electron chi connectivity index (χ3n) is 17.6. The quantitative estimate of drug-likeness (QED) is 0.169. The zero-order valence-corrected chi connectivity index (χ0v) is 49.3. The smallest absolute Gasteiger partial charge is 0.656 e. The van der Waals surface area contributed by atoms with Crippen molar-refractivity contribution in [3.05, 3.63) is 265 Å². The van der Waals surface area contributed by atoms with E-state index in [0.29, 0.717) is 112 Å². The van der Waals surface area contributed by atoms with Crippen LogP contribution in [-0.2, 0) is 21.1 Å². The SMILES string of the molecule is N#Cc1ccccc1-c1c2nc(c(-c3ccccc3C#N)c3[n-]c(c(-c4ccccc4C#N)c4nc(c(-c5ccccc5C#N)c5[n-]c1c1cc6ccccc6cc51)-c1cc5ccccc5cc1-4)c1cc4ccccc4cc31)-c1cc3ccccc3cc1-2.[Pt+2]. The standard InChI is InChI=1S/C80H40N8.Pt/c81-41-53-25-9-13-29-57(53)69-73-61-33-45-17-1-2-18-46(45)34-62(61)74(85-73)70(58-30-14-10-26-54(58)42-82)76-65-37-49-21-5-6-22-50(49)38-66(65)78(87-76)72(60-32-16-12-28-56(60)44-84)80-68-40-52-24-8-7-23-51(52)39-67(68)79(88-80)71(59-31-15-11-27-55(59)43-83)77-64-36-48-20-4-3-19-47(48)35-63(64)75(69)86-77;/h1-40H;/q-2;+2. The summed E-state index contributed by atoms with van der Waals surface area (Å²) in [6.07, 6.45) is 0. The maximum atomic E-state index is 11.3. The summed E-state index contributed by atoms with van der Waals surface area (Å²) in [7, 11) is 0. The Morgan fingerprint density at radius 2 is 0.427 bits per heavy atom. The van der Waals surface area contributed by atoms with E-state index in [1.165, 1.54) is 0 Å². The fourth-order valence-electron chi connectivity index (χ4n) is 13.6. The molecule has 0 spiro atoms. The second-order valence-corrected chi connectivity index (χ2v) is 22.3. The minimum Gasteiger partial charge on any atom is -0.656 e. The summed E-state index contributed by atoms with van der Waals surface area (Å²) >= 11 is 0. The first-order valence-corrected chi connectivity index (χ1v) is 28.9. The molecule has 0 saturated heterocycles. The number of fused-ring (bicyclic) bond motifs is 4. The molecule has 0 amide bonds. The number of benzene rings is 12. The van der Waals surface area contributed by atoms with Gasteiger partial charge in [-0.3, -0.25) is 0 Å². The van der Waals surface area contributed by atoms with E-state index in [1.807, 2.05) is 146 Å². The molecule has 2 aromatic heterocycles.